The summed E-state index contributed by atoms with van der Waals surface area (Å²) in [6.45, 7) is 2.63. The molecule has 0 spiro atoms. The number of hydrogen-bond donors (Lipinski definition) is 1. The monoisotopic (exact) mass is 444 g/mol. The topological polar surface area (TPSA) is 113 Å². The fourth-order valence-corrected chi connectivity index (χ4v) is 4.44. The van der Waals surface area contributed by atoms with Gasteiger partial charge in [0.25, 0.3) is 11.8 Å². The number of carbonyl (C=O) groups is 2. The minimum atomic E-state index is -0.368. The van der Waals surface area contributed by atoms with Gasteiger partial charge in [0.1, 0.15) is 5.52 Å². The number of likely N-dealkylation sites (tertiary alicyclic amines) is 1. The summed E-state index contributed by atoms with van der Waals surface area (Å²) in [6, 6.07) is 10.3. The zero-order chi connectivity index (χ0) is 22.8. The van der Waals surface area contributed by atoms with Gasteiger partial charge >= 0.3 is 0 Å². The van der Waals surface area contributed by atoms with Crippen molar-refractivity contribution in [2.24, 2.45) is 0 Å². The van der Waals surface area contributed by atoms with Crippen molar-refractivity contribution in [3.8, 4) is 6.07 Å². The van der Waals surface area contributed by atoms with E-state index in [0.29, 0.717) is 47.0 Å². The maximum absolute atomic E-state index is 12.9. The minimum absolute atomic E-state index is 0.0214. The summed E-state index contributed by atoms with van der Waals surface area (Å²) in [4.78, 5) is 36.9. The number of nitrogens with zero attached hydrogens (tertiary/aromatic N) is 5. The van der Waals surface area contributed by atoms with E-state index < -0.39 is 0 Å². The molecule has 9 heteroatoms. The van der Waals surface area contributed by atoms with Crippen LogP contribution in [0.15, 0.2) is 36.5 Å². The molecule has 0 saturated carbocycles. The Morgan fingerprint density at radius 3 is 2.76 bits per heavy atom. The van der Waals surface area contributed by atoms with Gasteiger partial charge in [-0.15, -0.1) is 0 Å². The molecule has 9 nitrogen and oxygen atoms in total. The van der Waals surface area contributed by atoms with Gasteiger partial charge in [0, 0.05) is 31.5 Å². The first kappa shape index (κ1) is 21.1. The number of piperidine rings is 1. The Morgan fingerprint density at radius 2 is 2.00 bits per heavy atom. The van der Waals surface area contributed by atoms with E-state index in [2.05, 4.69) is 15.3 Å². The van der Waals surface area contributed by atoms with Gasteiger partial charge < -0.3 is 9.64 Å². The molecule has 2 saturated heterocycles. The highest BCUT2D eigenvalue weighted by molar-refractivity contribution is 6.04. The van der Waals surface area contributed by atoms with Crippen LogP contribution in [-0.2, 0) is 4.74 Å². The number of benzene rings is 1. The van der Waals surface area contributed by atoms with E-state index >= 15 is 0 Å². The number of imidazole rings is 1. The SMILES string of the molecule is N#Cc1cccc(C(=O)Nc2nc3cc(C(=O)N4CCCCC4)cnc3n2C2CCOC2)c1. The molecular weight excluding hydrogens is 420 g/mol. The van der Waals surface area contributed by atoms with E-state index in [1.165, 1.54) is 6.07 Å². The second-order valence-corrected chi connectivity index (χ2v) is 8.39. The van der Waals surface area contributed by atoms with Crippen LogP contribution in [0.25, 0.3) is 11.2 Å². The molecule has 2 aromatic heterocycles. The lowest BCUT2D eigenvalue weighted by molar-refractivity contribution is 0.0724. The van der Waals surface area contributed by atoms with Crippen LogP contribution in [0, 0.1) is 11.3 Å². The molecule has 0 bridgehead atoms. The zero-order valence-electron chi connectivity index (χ0n) is 18.2. The molecule has 168 valence electrons. The van der Waals surface area contributed by atoms with Crippen LogP contribution in [0.4, 0.5) is 5.95 Å². The molecule has 1 atom stereocenters. The van der Waals surface area contributed by atoms with Crippen molar-refractivity contribution in [1.82, 2.24) is 19.4 Å². The smallest absolute Gasteiger partial charge is 0.258 e. The van der Waals surface area contributed by atoms with Gasteiger partial charge in [0.05, 0.1) is 29.8 Å². The Labute approximate surface area is 191 Å². The van der Waals surface area contributed by atoms with Gasteiger partial charge in [-0.05, 0) is 49.9 Å². The molecule has 2 fully saturated rings. The summed E-state index contributed by atoms with van der Waals surface area (Å²) in [5, 5.41) is 12.0. The Balaban J connectivity index is 1.50. The molecule has 4 heterocycles. The quantitative estimate of drug-likeness (QED) is 0.661. The number of ether oxygens (including phenoxy) is 1. The van der Waals surface area contributed by atoms with Gasteiger partial charge in [-0.1, -0.05) is 6.07 Å². The van der Waals surface area contributed by atoms with Gasteiger partial charge in [0.2, 0.25) is 5.95 Å². The summed E-state index contributed by atoms with van der Waals surface area (Å²) in [5.74, 6) is -0.0585. The second kappa shape index (κ2) is 9.00. The zero-order valence-corrected chi connectivity index (χ0v) is 18.2. The normalized spacial score (nSPS) is 18.3. The number of aromatic nitrogens is 3. The molecule has 2 amide bonds. The summed E-state index contributed by atoms with van der Waals surface area (Å²) in [5.41, 5.74) is 2.41. The van der Waals surface area contributed by atoms with Crippen molar-refractivity contribution in [1.29, 1.82) is 5.26 Å². The molecule has 1 N–H and O–H groups in total. The van der Waals surface area contributed by atoms with Crippen LogP contribution < -0.4 is 5.32 Å². The molecule has 0 aliphatic carbocycles. The minimum Gasteiger partial charge on any atom is -0.379 e. The lowest BCUT2D eigenvalue weighted by Gasteiger charge is -2.26. The predicted octanol–water partition coefficient (Wildman–Crippen LogP) is 3.14. The van der Waals surface area contributed by atoms with E-state index in [1.807, 2.05) is 15.5 Å². The average molecular weight is 444 g/mol. The molecule has 0 radical (unpaired) electrons. The van der Waals surface area contributed by atoms with Crippen LogP contribution in [0.1, 0.15) is 58.0 Å². The average Bonchev–Trinajstić information content (AvgIpc) is 3.51. The molecule has 3 aromatic rings. The fraction of sp³-hybridized carbons (Fsp3) is 0.375. The number of nitriles is 1. The van der Waals surface area contributed by atoms with E-state index in [9.17, 15) is 9.59 Å². The number of nitrogens with one attached hydrogen (secondary N) is 1. The van der Waals surface area contributed by atoms with Gasteiger partial charge in [-0.3, -0.25) is 19.5 Å². The largest absolute Gasteiger partial charge is 0.379 e. The number of amides is 2. The third-order valence-electron chi connectivity index (χ3n) is 6.17. The Hall–Kier alpha value is -3.77. The molecule has 2 aliphatic rings. The van der Waals surface area contributed by atoms with E-state index in [4.69, 9.17) is 10.00 Å². The molecule has 5 rings (SSSR count). The summed E-state index contributed by atoms with van der Waals surface area (Å²) in [6.07, 6.45) is 5.54. The Kier molecular flexibility index (Phi) is 5.75. The fourth-order valence-electron chi connectivity index (χ4n) is 4.44. The van der Waals surface area contributed by atoms with Crippen LogP contribution >= 0.6 is 0 Å². The van der Waals surface area contributed by atoms with Gasteiger partial charge in [0.15, 0.2) is 5.65 Å². The lowest BCUT2D eigenvalue weighted by Crippen LogP contribution is -2.35. The number of fused-ring (bicyclic) bond motifs is 1. The molecule has 33 heavy (non-hydrogen) atoms. The molecule has 1 aromatic carbocycles. The van der Waals surface area contributed by atoms with Gasteiger partial charge in [-0.2, -0.15) is 5.26 Å². The number of carbonyl (C=O) groups excluding carboxylic acids is 2. The molecular formula is C24H24N6O3. The Bertz CT molecular complexity index is 1250. The van der Waals surface area contributed by atoms with Crippen molar-refractivity contribution >= 4 is 28.9 Å². The van der Waals surface area contributed by atoms with Crippen LogP contribution in [0.5, 0.6) is 0 Å². The van der Waals surface area contributed by atoms with Gasteiger partial charge in [-0.25, -0.2) is 9.97 Å². The predicted molar refractivity (Wildman–Crippen MR) is 121 cm³/mol. The first-order valence-corrected chi connectivity index (χ1v) is 11.2. The van der Waals surface area contributed by atoms with E-state index in [-0.39, 0.29) is 17.9 Å². The third-order valence-corrected chi connectivity index (χ3v) is 6.17. The highest BCUT2D eigenvalue weighted by Crippen LogP contribution is 2.29. The maximum atomic E-state index is 12.9. The third kappa shape index (κ3) is 4.17. The first-order chi connectivity index (χ1) is 16.1. The van der Waals surface area contributed by atoms with Crippen molar-refractivity contribution in [3.63, 3.8) is 0 Å². The number of hydrogen-bond acceptors (Lipinski definition) is 6. The standard InChI is InChI=1S/C24H24N6O3/c25-13-16-5-4-6-17(11-16)22(31)28-24-27-20-12-18(23(32)29-8-2-1-3-9-29)14-26-21(20)30(24)19-7-10-33-15-19/h4-6,11-12,14,19H,1-3,7-10,15H2,(H,27,28,31). The highest BCUT2D eigenvalue weighted by atomic mass is 16.5. The van der Waals surface area contributed by atoms with Crippen LogP contribution in [0.2, 0.25) is 0 Å². The van der Waals surface area contributed by atoms with E-state index in [1.54, 1.807) is 30.5 Å². The van der Waals surface area contributed by atoms with Crippen molar-refractivity contribution in [2.45, 2.75) is 31.7 Å². The van der Waals surface area contributed by atoms with Crippen molar-refractivity contribution < 1.29 is 14.3 Å². The number of pyridine rings is 1. The maximum Gasteiger partial charge on any atom is 0.258 e. The highest BCUT2D eigenvalue weighted by Gasteiger charge is 2.27. The van der Waals surface area contributed by atoms with Crippen LogP contribution in [-0.4, -0.2) is 57.6 Å². The summed E-state index contributed by atoms with van der Waals surface area (Å²) >= 11 is 0. The number of anilines is 1. The lowest BCUT2D eigenvalue weighted by atomic mass is 10.1. The van der Waals surface area contributed by atoms with Crippen LogP contribution in [0.3, 0.4) is 0 Å². The molecule has 1 unspecified atom stereocenters. The summed E-state index contributed by atoms with van der Waals surface area (Å²) in [7, 11) is 0. The Morgan fingerprint density at radius 1 is 1.15 bits per heavy atom. The molecule has 2 aliphatic heterocycles. The van der Waals surface area contributed by atoms with Crippen molar-refractivity contribution in [3.05, 3.63) is 53.2 Å². The van der Waals surface area contributed by atoms with Crippen molar-refractivity contribution in [2.75, 3.05) is 31.6 Å². The van der Waals surface area contributed by atoms with E-state index in [0.717, 1.165) is 38.8 Å². The number of rotatable bonds is 4. The second-order valence-electron chi connectivity index (χ2n) is 8.39. The summed E-state index contributed by atoms with van der Waals surface area (Å²) < 4.78 is 7.44. The first-order valence-electron chi connectivity index (χ1n) is 11.2.